The summed E-state index contributed by atoms with van der Waals surface area (Å²) in [7, 11) is 3.01. The molecule has 18 heteroatoms. The molecule has 1 aliphatic carbocycles. The lowest BCUT2D eigenvalue weighted by Gasteiger charge is -2.42. The van der Waals surface area contributed by atoms with Crippen LogP contribution in [0.3, 0.4) is 0 Å². The molecule has 79 heavy (non-hydrogen) atoms. The van der Waals surface area contributed by atoms with Gasteiger partial charge < -0.3 is 44.1 Å². The van der Waals surface area contributed by atoms with Gasteiger partial charge in [0.25, 0.3) is 28.8 Å². The van der Waals surface area contributed by atoms with Crippen molar-refractivity contribution in [3.63, 3.8) is 0 Å². The van der Waals surface area contributed by atoms with Crippen LogP contribution in [0.5, 0.6) is 11.5 Å². The first-order valence-electron chi connectivity index (χ1n) is 27.7. The van der Waals surface area contributed by atoms with Gasteiger partial charge >= 0.3 is 0 Å². The zero-order valence-electron chi connectivity index (χ0n) is 46.8. The van der Waals surface area contributed by atoms with Gasteiger partial charge in [0.1, 0.15) is 17.8 Å². The molecule has 2 aliphatic heterocycles. The van der Waals surface area contributed by atoms with E-state index in [1.165, 1.54) is 14.2 Å². The van der Waals surface area contributed by atoms with Crippen molar-refractivity contribution in [1.82, 2.24) is 49.5 Å². The van der Waals surface area contributed by atoms with Crippen LogP contribution < -0.4 is 31.2 Å². The number of fused-ring (bicyclic) bond motifs is 2. The van der Waals surface area contributed by atoms with Gasteiger partial charge in [0.05, 0.1) is 55.3 Å². The topological polar surface area (TPSA) is 202 Å². The molecule has 5 aromatic heterocycles. The minimum Gasteiger partial charge on any atom is -0.496 e. The highest BCUT2D eigenvalue weighted by Gasteiger charge is 2.48. The fourth-order valence-electron chi connectivity index (χ4n) is 13.2. The molecule has 2 aromatic carbocycles. The molecule has 3 amide bonds. The zero-order chi connectivity index (χ0) is 56.0. The van der Waals surface area contributed by atoms with Gasteiger partial charge in [-0.3, -0.25) is 28.9 Å². The first-order valence-corrected chi connectivity index (χ1v) is 27.7. The maximum absolute atomic E-state index is 15.3. The number of H-pyrrole nitrogens is 2. The van der Waals surface area contributed by atoms with E-state index >= 15 is 4.39 Å². The second kappa shape index (κ2) is 22.3. The van der Waals surface area contributed by atoms with E-state index in [0.29, 0.717) is 84.2 Å². The van der Waals surface area contributed by atoms with E-state index < -0.39 is 5.67 Å². The Bertz CT molecular complexity index is 3600. The molecule has 416 valence electrons. The summed E-state index contributed by atoms with van der Waals surface area (Å²) in [6.07, 6.45) is 5.10. The molecule has 4 N–H and O–H groups in total. The minimum atomic E-state index is -1.74. The monoisotopic (exact) mass is 1080 g/mol. The van der Waals surface area contributed by atoms with Crippen LogP contribution in [0.1, 0.15) is 142 Å². The van der Waals surface area contributed by atoms with E-state index in [1.807, 2.05) is 45.0 Å². The van der Waals surface area contributed by atoms with Crippen molar-refractivity contribution in [3.8, 4) is 11.5 Å². The average Bonchev–Trinajstić information content (AvgIpc) is 4.12. The van der Waals surface area contributed by atoms with Crippen LogP contribution in [0, 0.1) is 46.5 Å². The van der Waals surface area contributed by atoms with Crippen LogP contribution >= 0.6 is 0 Å². The van der Waals surface area contributed by atoms with Gasteiger partial charge in [0.15, 0.2) is 5.67 Å². The van der Waals surface area contributed by atoms with Crippen LogP contribution in [0.25, 0.3) is 21.8 Å². The van der Waals surface area contributed by atoms with Crippen molar-refractivity contribution in [2.75, 3.05) is 40.4 Å². The quantitative estimate of drug-likeness (QED) is 0.0725. The first kappa shape index (κ1) is 54.7. The molecular formula is C61H73FN10O7. The third-order valence-electron chi connectivity index (χ3n) is 17.5. The van der Waals surface area contributed by atoms with Gasteiger partial charge in [0, 0.05) is 94.5 Å². The number of para-hydroxylation sites is 1. The van der Waals surface area contributed by atoms with Crippen molar-refractivity contribution in [2.24, 2.45) is 11.8 Å². The number of pyridine rings is 2. The van der Waals surface area contributed by atoms with Crippen LogP contribution in [0.2, 0.25) is 0 Å². The third kappa shape index (κ3) is 10.5. The van der Waals surface area contributed by atoms with Crippen molar-refractivity contribution in [3.05, 3.63) is 150 Å². The number of aromatic nitrogens is 6. The number of hydrogen-bond acceptors (Lipinski definition) is 10. The lowest BCUT2D eigenvalue weighted by molar-refractivity contribution is -0.151. The Hall–Kier alpha value is -7.60. The van der Waals surface area contributed by atoms with Crippen LogP contribution in [-0.4, -0.2) is 103 Å². The summed E-state index contributed by atoms with van der Waals surface area (Å²) in [5.41, 5.74) is 6.82. The number of benzene rings is 2. The number of methoxy groups -OCH3 is 2. The highest BCUT2D eigenvalue weighted by Crippen LogP contribution is 2.45. The van der Waals surface area contributed by atoms with Crippen molar-refractivity contribution in [2.45, 2.75) is 130 Å². The lowest BCUT2D eigenvalue weighted by atomic mass is 9.76. The summed E-state index contributed by atoms with van der Waals surface area (Å²) in [5, 5.41) is 7.72. The molecule has 3 aliphatic rings. The number of nitrogens with one attached hydrogen (secondary N) is 4. The number of ether oxygens (including phenoxy) is 2. The van der Waals surface area contributed by atoms with E-state index in [-0.39, 0.29) is 84.6 Å². The first-order chi connectivity index (χ1) is 37.9. The molecular weight excluding hydrogens is 1000 g/mol. The molecule has 4 atom stereocenters. The number of aryl methyl sites for hydroxylation is 3. The molecule has 10 rings (SSSR count). The third-order valence-corrected chi connectivity index (χ3v) is 17.5. The second-order valence-corrected chi connectivity index (χ2v) is 22.4. The van der Waals surface area contributed by atoms with E-state index in [0.717, 1.165) is 69.5 Å². The number of alkyl halides is 1. The largest absolute Gasteiger partial charge is 0.496 e. The number of aromatic amines is 2. The Labute approximate surface area is 459 Å². The van der Waals surface area contributed by atoms with Gasteiger partial charge in [-0.15, -0.1) is 0 Å². The van der Waals surface area contributed by atoms with Crippen LogP contribution in [-0.2, 0) is 24.4 Å². The van der Waals surface area contributed by atoms with Gasteiger partial charge in [0.2, 0.25) is 0 Å². The number of carbonyl (C=O) groups is 3. The van der Waals surface area contributed by atoms with Gasteiger partial charge in [-0.25, -0.2) is 14.4 Å². The Morgan fingerprint density at radius 2 is 1.32 bits per heavy atom. The molecule has 7 aromatic rings. The Kier molecular flexibility index (Phi) is 15.4. The molecule has 2 saturated heterocycles. The lowest BCUT2D eigenvalue weighted by Crippen LogP contribution is -2.52. The molecule has 7 heterocycles. The summed E-state index contributed by atoms with van der Waals surface area (Å²) in [4.78, 5) is 87.9. The minimum absolute atomic E-state index is 0.0271. The summed E-state index contributed by atoms with van der Waals surface area (Å²) in [6, 6.07) is 19.8. The summed E-state index contributed by atoms with van der Waals surface area (Å²) in [5.74, 6) is -0.120. The SMILES string of the molecule is COc1cc(C)[nH]c(=O)c1CNC(=O)c1c(C)n([C@H](C)C2CCN(C(=O)C3(F)CCC3)CC2)c2ccc(C3CN(Cc4cc(C)ncn4)CCC3[C@@H](C)n3c(C)c(C(=O)NCc4c(OC)cc(C)[nH]c4=O)c4ccccc43)cc12. The number of carbonyl (C=O) groups excluding carboxylic acids is 3. The number of likely N-dealkylation sites (tertiary alicyclic amines) is 2. The summed E-state index contributed by atoms with van der Waals surface area (Å²) >= 11 is 0. The number of piperidine rings is 2. The summed E-state index contributed by atoms with van der Waals surface area (Å²) < 4.78 is 31.1. The predicted octanol–water partition coefficient (Wildman–Crippen LogP) is 8.74. The molecule has 0 bridgehead atoms. The van der Waals surface area contributed by atoms with E-state index in [2.05, 4.69) is 82.7 Å². The van der Waals surface area contributed by atoms with Gasteiger partial charge in [-0.05, 0) is 147 Å². The van der Waals surface area contributed by atoms with Gasteiger partial charge in [-0.1, -0.05) is 24.3 Å². The van der Waals surface area contributed by atoms with Crippen molar-refractivity contribution >= 4 is 39.5 Å². The fraction of sp³-hybridized carbons (Fsp3) is 0.459. The van der Waals surface area contributed by atoms with Crippen molar-refractivity contribution < 1.29 is 28.2 Å². The summed E-state index contributed by atoms with van der Waals surface area (Å²) in [6.45, 7) is 16.8. The predicted molar refractivity (Wildman–Crippen MR) is 302 cm³/mol. The number of halogens is 1. The Morgan fingerprint density at radius 3 is 1.90 bits per heavy atom. The molecule has 3 fully saturated rings. The zero-order valence-corrected chi connectivity index (χ0v) is 46.8. The van der Waals surface area contributed by atoms with E-state index in [4.69, 9.17) is 9.47 Å². The van der Waals surface area contributed by atoms with Crippen molar-refractivity contribution in [1.29, 1.82) is 0 Å². The normalized spacial score (nSPS) is 18.5. The molecule has 0 radical (unpaired) electrons. The van der Waals surface area contributed by atoms with Gasteiger partial charge in [-0.2, -0.15) is 0 Å². The van der Waals surface area contributed by atoms with Crippen LogP contribution in [0.4, 0.5) is 4.39 Å². The Morgan fingerprint density at radius 1 is 0.734 bits per heavy atom. The number of hydrogen-bond donors (Lipinski definition) is 4. The number of rotatable bonds is 16. The Balaban J connectivity index is 1.03. The van der Waals surface area contributed by atoms with E-state index in [1.54, 1.807) is 37.2 Å². The highest BCUT2D eigenvalue weighted by molar-refractivity contribution is 6.09. The molecule has 2 unspecified atom stereocenters. The highest BCUT2D eigenvalue weighted by atomic mass is 19.1. The number of nitrogens with zero attached hydrogens (tertiary/aromatic N) is 6. The smallest absolute Gasteiger partial charge is 0.260 e. The average molecular weight is 1080 g/mol. The molecule has 17 nitrogen and oxygen atoms in total. The fourth-order valence-corrected chi connectivity index (χ4v) is 13.2. The van der Waals surface area contributed by atoms with Crippen LogP contribution in [0.15, 0.2) is 76.6 Å². The number of amides is 3. The standard InChI is InChI=1S/C61H73FN10O7/c1-34-25-43(66-33-65-34)31-69-22-19-44(38(5)72-39(6)54(45-13-10-11-14-50(45)72)58(75)63-29-47-52(78-8)26-35(2)67-56(47)73)49(32-69)42-15-16-51-46(28-42)55(59(76)64-30-48-53(79-9)27-36(3)68-57(48)74)40(7)71(51)37(4)41-17-23-70(24-18-41)60(77)61(62)20-12-21-61/h10-11,13-16,25-28,33,37-38,41,44,49H,12,17-24,29-32H2,1-9H3,(H,63,75)(H,64,76)(H,67,73)(H,68,74)/t37-,38-,44?,49?/m1/s1. The maximum Gasteiger partial charge on any atom is 0.260 e. The molecule has 0 spiro atoms. The van der Waals surface area contributed by atoms with E-state index in [9.17, 15) is 24.0 Å². The molecule has 1 saturated carbocycles. The second-order valence-electron chi connectivity index (χ2n) is 22.4. The maximum atomic E-state index is 15.3.